The minimum atomic E-state index is -4.98. The number of carbonyl (C=O) groups is 1. The van der Waals surface area contributed by atoms with Crippen molar-refractivity contribution in [2.75, 3.05) is 0 Å². The van der Waals surface area contributed by atoms with E-state index in [4.69, 9.17) is 10.8 Å². The highest BCUT2D eigenvalue weighted by molar-refractivity contribution is 5.70. The Balaban J connectivity index is 3.21. The van der Waals surface area contributed by atoms with E-state index in [1.807, 2.05) is 0 Å². The minimum absolute atomic E-state index is 0.0908. The second-order valence-electron chi connectivity index (χ2n) is 3.28. The van der Waals surface area contributed by atoms with E-state index in [0.717, 1.165) is 0 Å². The molecule has 9 heteroatoms. The van der Waals surface area contributed by atoms with Crippen LogP contribution in [0.5, 0.6) is 5.88 Å². The van der Waals surface area contributed by atoms with Gasteiger partial charge in [-0.2, -0.15) is 0 Å². The van der Waals surface area contributed by atoms with E-state index in [9.17, 15) is 22.8 Å². The number of aromatic amines is 1. The average Bonchev–Trinajstić information content (AvgIpc) is 2.13. The highest BCUT2D eigenvalue weighted by Gasteiger charge is 2.32. The summed E-state index contributed by atoms with van der Waals surface area (Å²) in [5.41, 5.74) is 4.11. The Hall–Kier alpha value is -2.03. The summed E-state index contributed by atoms with van der Waals surface area (Å²) in [7, 11) is 0. The number of hydrogen-bond donors (Lipinski definition) is 3. The SMILES string of the molecule is NCc1c(CC(=O)O)[nH]c(OC(F)(F)F)cc1=O. The highest BCUT2D eigenvalue weighted by atomic mass is 19.4. The molecule has 0 fully saturated rings. The Kier molecular flexibility index (Phi) is 3.96. The first kappa shape index (κ1) is 14.0. The summed E-state index contributed by atoms with van der Waals surface area (Å²) < 4.78 is 39.4. The van der Waals surface area contributed by atoms with Crippen molar-refractivity contribution >= 4 is 5.97 Å². The molecule has 0 aromatic carbocycles. The molecule has 1 aromatic heterocycles. The molecule has 0 aliphatic heterocycles. The molecule has 0 bridgehead atoms. The first-order chi connectivity index (χ1) is 8.23. The molecular weight excluding hydrogens is 257 g/mol. The lowest BCUT2D eigenvalue weighted by Gasteiger charge is -2.11. The molecule has 1 aromatic rings. The Labute approximate surface area is 98.2 Å². The van der Waals surface area contributed by atoms with Gasteiger partial charge in [-0.1, -0.05) is 0 Å². The van der Waals surface area contributed by atoms with Crippen LogP contribution in [0.15, 0.2) is 10.9 Å². The Morgan fingerprint density at radius 3 is 2.56 bits per heavy atom. The number of hydrogen-bond acceptors (Lipinski definition) is 4. The molecule has 0 radical (unpaired) electrons. The third-order valence-corrected chi connectivity index (χ3v) is 1.96. The standard InChI is InChI=1S/C9H9F3N2O4/c10-9(11,12)18-7-2-6(15)4(3-13)5(14-7)1-8(16)17/h2H,1,3,13H2,(H,14,15)(H,16,17). The Bertz CT molecular complexity index is 510. The maximum Gasteiger partial charge on any atom is 0.574 e. The molecule has 4 N–H and O–H groups in total. The van der Waals surface area contributed by atoms with Gasteiger partial charge in [0.15, 0.2) is 5.43 Å². The lowest BCUT2D eigenvalue weighted by Crippen LogP contribution is -2.23. The van der Waals surface area contributed by atoms with Crippen LogP contribution >= 0.6 is 0 Å². The summed E-state index contributed by atoms with van der Waals surface area (Å²) >= 11 is 0. The maximum absolute atomic E-state index is 12.0. The predicted octanol–water partition coefficient (Wildman–Crippen LogP) is 0.359. The van der Waals surface area contributed by atoms with Crippen LogP contribution in [0.25, 0.3) is 0 Å². The fourth-order valence-electron chi connectivity index (χ4n) is 1.32. The predicted molar refractivity (Wildman–Crippen MR) is 53.0 cm³/mol. The molecule has 0 aliphatic rings. The van der Waals surface area contributed by atoms with Crippen LogP contribution in [0.4, 0.5) is 13.2 Å². The van der Waals surface area contributed by atoms with Crippen molar-refractivity contribution in [3.05, 3.63) is 27.5 Å². The second kappa shape index (κ2) is 5.08. The molecule has 0 spiro atoms. The Morgan fingerprint density at radius 1 is 1.50 bits per heavy atom. The molecule has 0 amide bonds. The third kappa shape index (κ3) is 3.77. The molecule has 18 heavy (non-hydrogen) atoms. The van der Waals surface area contributed by atoms with Crippen LogP contribution in [0.2, 0.25) is 0 Å². The highest BCUT2D eigenvalue weighted by Crippen LogP contribution is 2.20. The van der Waals surface area contributed by atoms with E-state index in [1.165, 1.54) is 0 Å². The van der Waals surface area contributed by atoms with Gasteiger partial charge in [-0.3, -0.25) is 9.59 Å². The fourth-order valence-corrected chi connectivity index (χ4v) is 1.32. The first-order valence-corrected chi connectivity index (χ1v) is 4.65. The van der Waals surface area contributed by atoms with Gasteiger partial charge in [-0.05, 0) is 0 Å². The van der Waals surface area contributed by atoms with Gasteiger partial charge >= 0.3 is 12.3 Å². The zero-order chi connectivity index (χ0) is 13.9. The number of carboxylic acid groups (broad SMARTS) is 1. The van der Waals surface area contributed by atoms with Crippen LogP contribution in [-0.2, 0) is 17.8 Å². The van der Waals surface area contributed by atoms with Crippen LogP contribution < -0.4 is 15.9 Å². The number of nitrogens with two attached hydrogens (primary N) is 1. The van der Waals surface area contributed by atoms with Crippen molar-refractivity contribution in [3.63, 3.8) is 0 Å². The third-order valence-electron chi connectivity index (χ3n) is 1.96. The molecule has 0 atom stereocenters. The zero-order valence-electron chi connectivity index (χ0n) is 8.87. The van der Waals surface area contributed by atoms with Gasteiger partial charge in [0.05, 0.1) is 6.42 Å². The quantitative estimate of drug-likeness (QED) is 0.729. The smallest absolute Gasteiger partial charge is 0.481 e. The normalized spacial score (nSPS) is 11.3. The molecule has 6 nitrogen and oxygen atoms in total. The molecule has 0 saturated heterocycles. The molecule has 0 saturated carbocycles. The van der Waals surface area contributed by atoms with Gasteiger partial charge in [0.25, 0.3) is 0 Å². The van der Waals surface area contributed by atoms with Gasteiger partial charge in [0, 0.05) is 23.9 Å². The summed E-state index contributed by atoms with van der Waals surface area (Å²) in [4.78, 5) is 24.0. The number of H-pyrrole nitrogens is 1. The van der Waals surface area contributed by atoms with E-state index in [2.05, 4.69) is 9.72 Å². The van der Waals surface area contributed by atoms with Crippen LogP contribution in [0.3, 0.4) is 0 Å². The van der Waals surface area contributed by atoms with E-state index in [0.29, 0.717) is 6.07 Å². The number of nitrogens with one attached hydrogen (secondary N) is 1. The van der Waals surface area contributed by atoms with Crippen LogP contribution in [0.1, 0.15) is 11.3 Å². The van der Waals surface area contributed by atoms with E-state index in [-0.39, 0.29) is 17.8 Å². The fraction of sp³-hybridized carbons (Fsp3) is 0.333. The van der Waals surface area contributed by atoms with Crippen molar-refractivity contribution < 1.29 is 27.8 Å². The summed E-state index contributed by atoms with van der Waals surface area (Å²) in [6, 6.07) is 0.570. The van der Waals surface area contributed by atoms with Gasteiger partial charge in [-0.25, -0.2) is 0 Å². The van der Waals surface area contributed by atoms with Crippen molar-refractivity contribution in [3.8, 4) is 5.88 Å². The molecule has 1 rings (SSSR count). The molecular formula is C9H9F3N2O4. The summed E-state index contributed by atoms with van der Waals surface area (Å²) in [6.07, 6.45) is -5.63. The monoisotopic (exact) mass is 266 g/mol. The van der Waals surface area contributed by atoms with Crippen molar-refractivity contribution in [2.24, 2.45) is 5.73 Å². The first-order valence-electron chi connectivity index (χ1n) is 4.65. The molecule has 0 aliphatic carbocycles. The van der Waals surface area contributed by atoms with Gasteiger partial charge in [-0.15, -0.1) is 13.2 Å². The number of halogens is 3. The number of aromatic nitrogens is 1. The minimum Gasteiger partial charge on any atom is -0.481 e. The number of carboxylic acids is 1. The number of alkyl halides is 3. The van der Waals surface area contributed by atoms with Crippen molar-refractivity contribution in [2.45, 2.75) is 19.3 Å². The van der Waals surface area contributed by atoms with Crippen LogP contribution in [0, 0.1) is 0 Å². The van der Waals surface area contributed by atoms with Crippen LogP contribution in [-0.4, -0.2) is 22.4 Å². The summed E-state index contributed by atoms with van der Waals surface area (Å²) in [5, 5.41) is 8.58. The second-order valence-corrected chi connectivity index (χ2v) is 3.28. The molecule has 100 valence electrons. The lowest BCUT2D eigenvalue weighted by atomic mass is 10.1. The number of pyridine rings is 1. The van der Waals surface area contributed by atoms with E-state index in [1.54, 1.807) is 0 Å². The zero-order valence-corrected chi connectivity index (χ0v) is 8.87. The maximum atomic E-state index is 12.0. The van der Waals surface area contributed by atoms with Gasteiger partial charge in [0.1, 0.15) is 0 Å². The largest absolute Gasteiger partial charge is 0.574 e. The summed E-state index contributed by atoms with van der Waals surface area (Å²) in [5.74, 6) is -2.19. The Morgan fingerprint density at radius 2 is 2.11 bits per heavy atom. The average molecular weight is 266 g/mol. The topological polar surface area (TPSA) is 105 Å². The van der Waals surface area contributed by atoms with Crippen molar-refractivity contribution in [1.82, 2.24) is 4.98 Å². The number of rotatable bonds is 4. The molecule has 1 heterocycles. The van der Waals surface area contributed by atoms with Gasteiger partial charge in [0.2, 0.25) is 5.88 Å². The van der Waals surface area contributed by atoms with Crippen molar-refractivity contribution in [1.29, 1.82) is 0 Å². The summed E-state index contributed by atoms with van der Waals surface area (Å²) in [6.45, 7) is -0.287. The van der Waals surface area contributed by atoms with E-state index >= 15 is 0 Å². The molecule has 0 unspecified atom stereocenters. The van der Waals surface area contributed by atoms with E-state index < -0.39 is 30.1 Å². The lowest BCUT2D eigenvalue weighted by molar-refractivity contribution is -0.276. The number of ether oxygens (including phenoxy) is 1. The number of aliphatic carboxylic acids is 1. The van der Waals surface area contributed by atoms with Gasteiger partial charge < -0.3 is 20.6 Å².